The van der Waals surface area contributed by atoms with Crippen LogP contribution in [0.15, 0.2) is 36.4 Å². The molecule has 0 aliphatic heterocycles. The summed E-state index contributed by atoms with van der Waals surface area (Å²) in [5, 5.41) is 21.0. The van der Waals surface area contributed by atoms with Gasteiger partial charge in [-0.2, -0.15) is 0 Å². The molecular formula is C14H12N2O4S. The zero-order valence-corrected chi connectivity index (χ0v) is 12.0. The number of likely N-dealkylation sites (N-methyl/N-ethyl adjacent to an activating group) is 1. The van der Waals surface area contributed by atoms with Crippen molar-refractivity contribution in [3.8, 4) is 0 Å². The lowest BCUT2D eigenvalue weighted by atomic mass is 10.0. The summed E-state index contributed by atoms with van der Waals surface area (Å²) in [6, 6.07) is 9.80. The molecule has 0 unspecified atom stereocenters. The number of carbonyl (C=O) groups is 1. The van der Waals surface area contributed by atoms with Crippen LogP contribution in [0.4, 0.5) is 5.69 Å². The molecule has 0 bridgehead atoms. The molecule has 7 heteroatoms. The van der Waals surface area contributed by atoms with Gasteiger partial charge in [0.15, 0.2) is 0 Å². The fourth-order valence-corrected chi connectivity index (χ4v) is 2.36. The molecule has 21 heavy (non-hydrogen) atoms. The lowest BCUT2D eigenvalue weighted by Crippen LogP contribution is -2.31. The van der Waals surface area contributed by atoms with Crippen molar-refractivity contribution < 1.29 is 14.8 Å². The average molecular weight is 304 g/mol. The smallest absolute Gasteiger partial charge is 0.323 e. The minimum absolute atomic E-state index is 0.00182. The van der Waals surface area contributed by atoms with E-state index in [0.29, 0.717) is 21.3 Å². The van der Waals surface area contributed by atoms with E-state index < -0.39 is 10.9 Å². The number of carboxylic acid groups (broad SMARTS) is 1. The molecule has 0 amide bonds. The Morgan fingerprint density at radius 1 is 1.29 bits per heavy atom. The molecule has 0 fully saturated rings. The van der Waals surface area contributed by atoms with Crippen molar-refractivity contribution in [1.29, 1.82) is 0 Å². The van der Waals surface area contributed by atoms with E-state index in [-0.39, 0.29) is 12.2 Å². The minimum Gasteiger partial charge on any atom is -0.480 e. The fourth-order valence-electron chi connectivity index (χ4n) is 2.12. The molecule has 6 nitrogen and oxygen atoms in total. The van der Waals surface area contributed by atoms with Gasteiger partial charge in [0.05, 0.1) is 10.3 Å². The number of nitrogens with zero attached hydrogens (tertiary/aromatic N) is 2. The van der Waals surface area contributed by atoms with Crippen molar-refractivity contribution in [1.82, 2.24) is 4.90 Å². The monoisotopic (exact) mass is 304 g/mol. The van der Waals surface area contributed by atoms with Gasteiger partial charge in [0, 0.05) is 18.7 Å². The third kappa shape index (κ3) is 2.97. The highest BCUT2D eigenvalue weighted by Crippen LogP contribution is 2.28. The minimum atomic E-state index is -0.994. The highest BCUT2D eigenvalue weighted by Gasteiger charge is 2.17. The molecule has 2 aromatic rings. The van der Waals surface area contributed by atoms with Crippen LogP contribution >= 0.6 is 12.2 Å². The molecule has 0 saturated carbocycles. The molecule has 0 spiro atoms. The summed E-state index contributed by atoms with van der Waals surface area (Å²) in [6.07, 6.45) is 0. The maximum absolute atomic E-state index is 11.1. The van der Waals surface area contributed by atoms with Crippen molar-refractivity contribution in [2.75, 3.05) is 13.6 Å². The summed E-state index contributed by atoms with van der Waals surface area (Å²) in [7, 11) is 1.58. The van der Waals surface area contributed by atoms with E-state index in [1.54, 1.807) is 37.4 Å². The van der Waals surface area contributed by atoms with Crippen LogP contribution in [0.25, 0.3) is 10.8 Å². The number of hydrogen-bond acceptors (Lipinski definition) is 4. The molecule has 0 saturated heterocycles. The first-order chi connectivity index (χ1) is 9.91. The number of nitro benzene ring substituents is 1. The molecule has 0 radical (unpaired) electrons. The number of aliphatic carboxylic acids is 1. The Hall–Kier alpha value is -2.54. The number of benzene rings is 2. The molecule has 0 atom stereocenters. The molecule has 1 N–H and O–H groups in total. The Labute approximate surface area is 125 Å². The number of carboxylic acids is 1. The molecule has 2 aromatic carbocycles. The lowest BCUT2D eigenvalue weighted by molar-refractivity contribution is -0.383. The largest absolute Gasteiger partial charge is 0.480 e. The number of non-ortho nitro benzene ring substituents is 1. The first kappa shape index (κ1) is 14.9. The molecule has 0 aromatic heterocycles. The van der Waals surface area contributed by atoms with Crippen molar-refractivity contribution in [3.05, 3.63) is 52.1 Å². The van der Waals surface area contributed by atoms with Gasteiger partial charge in [-0.05, 0) is 11.5 Å². The maximum Gasteiger partial charge on any atom is 0.323 e. The molecule has 2 rings (SSSR count). The molecular weight excluding hydrogens is 292 g/mol. The van der Waals surface area contributed by atoms with Gasteiger partial charge in [-0.1, -0.05) is 36.5 Å². The van der Waals surface area contributed by atoms with E-state index in [4.69, 9.17) is 17.3 Å². The van der Waals surface area contributed by atoms with Crippen molar-refractivity contribution >= 4 is 39.6 Å². The standard InChI is InChI=1S/C14H12N2O4S/c1-15(8-13(17)18)14(21)11-6-2-5-10-9(11)4-3-7-12(10)16(19)20/h2-7H,8H2,1H3,(H,17,18). The highest BCUT2D eigenvalue weighted by atomic mass is 32.1. The normalized spacial score (nSPS) is 10.3. The van der Waals surface area contributed by atoms with Crippen LogP contribution in [-0.4, -0.2) is 39.5 Å². The number of thiocarbonyl (C=S) groups is 1. The summed E-state index contributed by atoms with van der Waals surface area (Å²) >= 11 is 5.29. The van der Waals surface area contributed by atoms with Gasteiger partial charge in [0.25, 0.3) is 5.69 Å². The van der Waals surface area contributed by atoms with E-state index in [1.165, 1.54) is 11.0 Å². The summed E-state index contributed by atoms with van der Waals surface area (Å²) in [5.41, 5.74) is 0.605. The van der Waals surface area contributed by atoms with E-state index in [9.17, 15) is 14.9 Å². The first-order valence-corrected chi connectivity index (χ1v) is 6.46. The lowest BCUT2D eigenvalue weighted by Gasteiger charge is -2.19. The topological polar surface area (TPSA) is 83.7 Å². The van der Waals surface area contributed by atoms with Gasteiger partial charge in [-0.15, -0.1) is 0 Å². The number of fused-ring (bicyclic) bond motifs is 1. The zero-order chi connectivity index (χ0) is 15.6. The third-order valence-electron chi connectivity index (χ3n) is 3.05. The highest BCUT2D eigenvalue weighted by molar-refractivity contribution is 7.80. The van der Waals surface area contributed by atoms with Crippen LogP contribution in [0.3, 0.4) is 0 Å². The SMILES string of the molecule is CN(CC(=O)O)C(=S)c1cccc2c([N+](=O)[O-])cccc12. The van der Waals surface area contributed by atoms with Gasteiger partial charge in [0.2, 0.25) is 0 Å². The maximum atomic E-state index is 11.1. The summed E-state index contributed by atoms with van der Waals surface area (Å²) in [5.74, 6) is -0.994. The van der Waals surface area contributed by atoms with Gasteiger partial charge in [-0.3, -0.25) is 14.9 Å². The second-order valence-corrected chi connectivity index (χ2v) is 4.88. The second-order valence-electron chi connectivity index (χ2n) is 4.49. The molecule has 0 heterocycles. The van der Waals surface area contributed by atoms with E-state index in [0.717, 1.165) is 0 Å². The second kappa shape index (κ2) is 5.84. The third-order valence-corrected chi connectivity index (χ3v) is 3.58. The fraction of sp³-hybridized carbons (Fsp3) is 0.143. The zero-order valence-electron chi connectivity index (χ0n) is 11.1. The van der Waals surface area contributed by atoms with Crippen LogP contribution in [0, 0.1) is 10.1 Å². The van der Waals surface area contributed by atoms with Gasteiger partial charge < -0.3 is 10.0 Å². The summed E-state index contributed by atoms with van der Waals surface area (Å²) in [6.45, 7) is -0.232. The Morgan fingerprint density at radius 3 is 2.52 bits per heavy atom. The van der Waals surface area contributed by atoms with Gasteiger partial charge >= 0.3 is 5.97 Å². The van der Waals surface area contributed by atoms with Crippen molar-refractivity contribution in [2.45, 2.75) is 0 Å². The van der Waals surface area contributed by atoms with E-state index >= 15 is 0 Å². The predicted octanol–water partition coefficient (Wildman–Crippen LogP) is 2.44. The van der Waals surface area contributed by atoms with Crippen LogP contribution in [-0.2, 0) is 4.79 Å². The van der Waals surface area contributed by atoms with Gasteiger partial charge in [0.1, 0.15) is 11.5 Å². The Balaban J connectivity index is 2.55. The first-order valence-electron chi connectivity index (χ1n) is 6.05. The number of rotatable bonds is 4. The van der Waals surface area contributed by atoms with Crippen LogP contribution in [0.5, 0.6) is 0 Å². The van der Waals surface area contributed by atoms with Crippen molar-refractivity contribution in [2.24, 2.45) is 0 Å². The Kier molecular flexibility index (Phi) is 4.13. The summed E-state index contributed by atoms with van der Waals surface area (Å²) in [4.78, 5) is 23.1. The van der Waals surface area contributed by atoms with Crippen molar-refractivity contribution in [3.63, 3.8) is 0 Å². The molecule has 108 valence electrons. The Morgan fingerprint density at radius 2 is 1.90 bits per heavy atom. The van der Waals surface area contributed by atoms with Gasteiger partial charge in [-0.25, -0.2) is 0 Å². The van der Waals surface area contributed by atoms with E-state index in [1.807, 2.05) is 0 Å². The van der Waals surface area contributed by atoms with E-state index in [2.05, 4.69) is 0 Å². The Bertz CT molecular complexity index is 745. The summed E-state index contributed by atoms with van der Waals surface area (Å²) < 4.78 is 0. The average Bonchev–Trinajstić information content (AvgIpc) is 2.44. The molecule has 0 aliphatic carbocycles. The predicted molar refractivity (Wildman–Crippen MR) is 82.6 cm³/mol. The van der Waals surface area contributed by atoms with Crippen LogP contribution in [0.1, 0.15) is 5.56 Å². The number of nitro groups is 1. The quantitative estimate of drug-likeness (QED) is 0.530. The molecule has 0 aliphatic rings. The number of hydrogen-bond donors (Lipinski definition) is 1. The van der Waals surface area contributed by atoms with Crippen LogP contribution in [0.2, 0.25) is 0 Å². The van der Waals surface area contributed by atoms with Crippen LogP contribution < -0.4 is 0 Å².